The molecule has 0 saturated heterocycles. The van der Waals surface area contributed by atoms with Gasteiger partial charge in [-0.15, -0.1) is 0 Å². The van der Waals surface area contributed by atoms with Gasteiger partial charge in [-0.3, -0.25) is 10.1 Å². The summed E-state index contributed by atoms with van der Waals surface area (Å²) in [5.74, 6) is -1.02. The average Bonchev–Trinajstić information content (AvgIpc) is 2.96. The van der Waals surface area contributed by atoms with Gasteiger partial charge in [0.15, 0.2) is 0 Å². The van der Waals surface area contributed by atoms with Crippen LogP contribution in [0.2, 0.25) is 0 Å². The van der Waals surface area contributed by atoms with Crippen LogP contribution < -0.4 is 10.6 Å². The van der Waals surface area contributed by atoms with E-state index in [-0.39, 0.29) is 0 Å². The van der Waals surface area contributed by atoms with Crippen molar-refractivity contribution in [2.45, 2.75) is 5.54 Å². The summed E-state index contributed by atoms with van der Waals surface area (Å²) in [7, 11) is 0. The molecular weight excluding hydrogens is 218 g/mol. The lowest BCUT2D eigenvalue weighted by Gasteiger charge is -2.16. The largest absolute Gasteiger partial charge is 0.479 e. The number of hydrogen-bond donors (Lipinski definition) is 2. The van der Waals surface area contributed by atoms with E-state index in [1.165, 1.54) is 6.20 Å². The van der Waals surface area contributed by atoms with Crippen LogP contribution in [0, 0.1) is 0 Å². The Labute approximate surface area is 96.1 Å². The first-order valence-corrected chi connectivity index (χ1v) is 5.13. The maximum Gasteiger partial charge on any atom is 0.341 e. The number of fused-ring (bicyclic) bond motifs is 1. The predicted molar refractivity (Wildman–Crippen MR) is 59.6 cm³/mol. The highest BCUT2D eigenvalue weighted by Gasteiger charge is 2.41. The second-order valence-corrected chi connectivity index (χ2v) is 3.86. The monoisotopic (exact) mass is 227 g/mol. The number of para-hydroxylation sites is 1. The molecule has 84 valence electrons. The molecule has 2 aromatic rings. The van der Waals surface area contributed by atoms with Crippen LogP contribution in [0.4, 0.5) is 0 Å². The number of aliphatic carboxylic acids is 1. The second kappa shape index (κ2) is 3.28. The van der Waals surface area contributed by atoms with Gasteiger partial charge < -0.3 is 5.11 Å². The number of H-pyrrole nitrogens is 1. The lowest BCUT2D eigenvalue weighted by Crippen LogP contribution is -2.31. The molecule has 1 aliphatic rings. The molecule has 5 heteroatoms. The predicted octanol–water partition coefficient (Wildman–Crippen LogP) is -0.197. The minimum atomic E-state index is -1.37. The zero-order chi connectivity index (χ0) is 11.9. The van der Waals surface area contributed by atoms with E-state index in [1.54, 1.807) is 18.2 Å². The molecule has 17 heavy (non-hydrogen) atoms. The van der Waals surface area contributed by atoms with Crippen LogP contribution in [0.15, 0.2) is 41.5 Å². The molecule has 0 amide bonds. The van der Waals surface area contributed by atoms with Crippen molar-refractivity contribution >= 4 is 12.0 Å². The lowest BCUT2D eigenvalue weighted by atomic mass is 9.97. The van der Waals surface area contributed by atoms with Crippen LogP contribution >= 0.6 is 0 Å². The fraction of sp³-hybridized carbons (Fsp3) is 0.0833. The summed E-state index contributed by atoms with van der Waals surface area (Å²) in [6.45, 7) is 0. The van der Waals surface area contributed by atoms with Crippen LogP contribution in [0.3, 0.4) is 0 Å². The van der Waals surface area contributed by atoms with E-state index < -0.39 is 11.5 Å². The molecule has 0 saturated carbocycles. The number of carbonyl (C=O) groups is 1. The van der Waals surface area contributed by atoms with E-state index in [1.807, 2.05) is 18.2 Å². The van der Waals surface area contributed by atoms with Gasteiger partial charge in [-0.05, 0) is 23.4 Å². The van der Waals surface area contributed by atoms with Gasteiger partial charge in [-0.2, -0.15) is 5.10 Å². The van der Waals surface area contributed by atoms with Crippen molar-refractivity contribution in [3.05, 3.63) is 52.8 Å². The topological polar surface area (TPSA) is 78.3 Å². The zero-order valence-electron chi connectivity index (χ0n) is 8.79. The molecule has 5 nitrogen and oxygen atoms in total. The van der Waals surface area contributed by atoms with Crippen molar-refractivity contribution in [1.29, 1.82) is 0 Å². The Bertz CT molecular complexity index is 654. The fourth-order valence-corrected chi connectivity index (χ4v) is 1.99. The van der Waals surface area contributed by atoms with Gasteiger partial charge in [0.25, 0.3) is 0 Å². The molecule has 1 aromatic carbocycles. The first-order chi connectivity index (χ1) is 8.22. The molecule has 1 unspecified atom stereocenters. The molecule has 3 rings (SSSR count). The molecule has 0 aliphatic carbocycles. The summed E-state index contributed by atoms with van der Waals surface area (Å²) >= 11 is 0. The Morgan fingerprint density at radius 3 is 2.76 bits per heavy atom. The van der Waals surface area contributed by atoms with Crippen molar-refractivity contribution in [3.63, 3.8) is 0 Å². The van der Waals surface area contributed by atoms with Gasteiger partial charge in [0.05, 0.1) is 11.1 Å². The van der Waals surface area contributed by atoms with E-state index in [2.05, 4.69) is 15.2 Å². The van der Waals surface area contributed by atoms with Gasteiger partial charge in [-0.25, -0.2) is 4.79 Å². The Balaban J connectivity index is 2.32. The number of nitrogens with zero attached hydrogens (tertiary/aromatic N) is 2. The van der Waals surface area contributed by atoms with Gasteiger partial charge >= 0.3 is 5.97 Å². The summed E-state index contributed by atoms with van der Waals surface area (Å²) < 4.78 is 0. The lowest BCUT2D eigenvalue weighted by molar-refractivity contribution is -0.141. The molecule has 2 N–H and O–H groups in total. The first-order valence-electron chi connectivity index (χ1n) is 5.13. The smallest absolute Gasteiger partial charge is 0.341 e. The molecule has 2 heterocycles. The Morgan fingerprint density at radius 2 is 2.12 bits per heavy atom. The number of rotatable bonds is 2. The minimum absolute atomic E-state index is 0.459. The van der Waals surface area contributed by atoms with Crippen molar-refractivity contribution in [1.82, 2.24) is 10.2 Å². The van der Waals surface area contributed by atoms with E-state index >= 15 is 0 Å². The van der Waals surface area contributed by atoms with Crippen LogP contribution in [-0.2, 0) is 10.3 Å². The number of aromatic nitrogens is 2. The van der Waals surface area contributed by atoms with Crippen molar-refractivity contribution in [2.24, 2.45) is 4.99 Å². The zero-order valence-corrected chi connectivity index (χ0v) is 8.79. The van der Waals surface area contributed by atoms with Crippen LogP contribution in [0.5, 0.6) is 0 Å². The highest BCUT2D eigenvalue weighted by Crippen LogP contribution is 2.27. The highest BCUT2D eigenvalue weighted by molar-refractivity contribution is 5.89. The molecule has 0 bridgehead atoms. The Hall–Kier alpha value is -2.43. The number of carboxylic acid groups (broad SMARTS) is 1. The maximum atomic E-state index is 11.5. The first kappa shape index (κ1) is 9.77. The summed E-state index contributed by atoms with van der Waals surface area (Å²) in [5.41, 5.74) is -0.915. The summed E-state index contributed by atoms with van der Waals surface area (Å²) in [4.78, 5) is 15.8. The molecule has 0 radical (unpaired) electrons. The van der Waals surface area contributed by atoms with Gasteiger partial charge in [0, 0.05) is 6.20 Å². The molecule has 1 aliphatic heterocycles. The quantitative estimate of drug-likeness (QED) is 0.746. The highest BCUT2D eigenvalue weighted by atomic mass is 16.4. The number of aromatic amines is 1. The van der Waals surface area contributed by atoms with E-state index in [0.29, 0.717) is 11.1 Å². The second-order valence-electron chi connectivity index (χ2n) is 3.86. The maximum absolute atomic E-state index is 11.5. The molecule has 1 atom stereocenters. The molecule has 0 spiro atoms. The van der Waals surface area contributed by atoms with Crippen LogP contribution in [0.25, 0.3) is 6.08 Å². The normalized spacial score (nSPS) is 21.4. The van der Waals surface area contributed by atoms with Crippen molar-refractivity contribution in [3.8, 4) is 0 Å². The van der Waals surface area contributed by atoms with E-state index in [9.17, 15) is 9.90 Å². The fourth-order valence-electron chi connectivity index (χ4n) is 1.99. The summed E-state index contributed by atoms with van der Waals surface area (Å²) in [5, 5.41) is 17.4. The van der Waals surface area contributed by atoms with E-state index in [4.69, 9.17) is 0 Å². The standard InChI is InChI=1S/C12H9N3O2/c16-11(17)12(10-5-6-13-15-10)7-8-3-1-2-4-9(8)14-12/h1-7H,(H,13,15)(H,16,17). The third-order valence-corrected chi connectivity index (χ3v) is 2.84. The SMILES string of the molecule is O=C(O)C1(c2ccn[nH]2)C=c2ccccc2=N1. The van der Waals surface area contributed by atoms with E-state index in [0.717, 1.165) is 5.22 Å². The summed E-state index contributed by atoms with van der Waals surface area (Å²) in [6, 6.07) is 8.96. The van der Waals surface area contributed by atoms with Gasteiger partial charge in [0.1, 0.15) is 0 Å². The Kier molecular flexibility index (Phi) is 1.89. The number of benzene rings is 1. The van der Waals surface area contributed by atoms with Gasteiger partial charge in [0.2, 0.25) is 5.54 Å². The Morgan fingerprint density at radius 1 is 1.29 bits per heavy atom. The van der Waals surface area contributed by atoms with Crippen LogP contribution in [-0.4, -0.2) is 21.3 Å². The molecule has 1 aromatic heterocycles. The third-order valence-electron chi connectivity index (χ3n) is 2.84. The van der Waals surface area contributed by atoms with Crippen LogP contribution in [0.1, 0.15) is 5.69 Å². The van der Waals surface area contributed by atoms with Crippen molar-refractivity contribution in [2.75, 3.05) is 0 Å². The minimum Gasteiger partial charge on any atom is -0.479 e. The number of nitrogens with one attached hydrogen (secondary N) is 1. The van der Waals surface area contributed by atoms with Crippen molar-refractivity contribution < 1.29 is 9.90 Å². The average molecular weight is 227 g/mol. The molecule has 0 fully saturated rings. The summed E-state index contributed by atoms with van der Waals surface area (Å²) in [6.07, 6.45) is 3.16. The third kappa shape index (κ3) is 1.29. The van der Waals surface area contributed by atoms with Gasteiger partial charge in [-0.1, -0.05) is 18.2 Å². The molecular formula is C12H9N3O2. The number of carboxylic acids is 1. The number of hydrogen-bond acceptors (Lipinski definition) is 3.